The van der Waals surface area contributed by atoms with Crippen molar-refractivity contribution in [2.24, 2.45) is 0 Å². The topological polar surface area (TPSA) is 55.1 Å². The van der Waals surface area contributed by atoms with Gasteiger partial charge in [-0.05, 0) is 48.6 Å². The first-order valence-corrected chi connectivity index (χ1v) is 8.10. The molecule has 1 amide bonds. The third-order valence-corrected chi connectivity index (χ3v) is 4.93. The Hall–Kier alpha value is -2.11. The van der Waals surface area contributed by atoms with E-state index in [9.17, 15) is 4.79 Å². The first kappa shape index (κ1) is 13.5. The van der Waals surface area contributed by atoms with E-state index in [1.807, 2.05) is 11.4 Å². The number of fused-ring (bicyclic) bond motifs is 3. The summed E-state index contributed by atoms with van der Waals surface area (Å²) >= 11 is 7.55. The van der Waals surface area contributed by atoms with Crippen LogP contribution in [-0.2, 0) is 12.8 Å². The summed E-state index contributed by atoms with van der Waals surface area (Å²) in [7, 11) is 0. The van der Waals surface area contributed by atoms with E-state index in [0.717, 1.165) is 29.7 Å². The Kier molecular flexibility index (Phi) is 3.24. The van der Waals surface area contributed by atoms with Gasteiger partial charge in [0.05, 0.1) is 0 Å². The molecule has 0 unspecified atom stereocenters. The number of hydrogen-bond acceptors (Lipinski definition) is 4. The number of carbonyl (C=O) groups is 1. The largest absolute Gasteiger partial charge is 0.355 e. The SMILES string of the molecule is O=C(Nc1ccc(Cl)cc1)c1noc2c1CCc1sccc1-2. The van der Waals surface area contributed by atoms with Crippen LogP contribution >= 0.6 is 22.9 Å². The van der Waals surface area contributed by atoms with E-state index >= 15 is 0 Å². The van der Waals surface area contributed by atoms with Crippen molar-refractivity contribution in [2.75, 3.05) is 5.32 Å². The van der Waals surface area contributed by atoms with Crippen LogP contribution < -0.4 is 5.32 Å². The van der Waals surface area contributed by atoms with Crippen molar-refractivity contribution in [3.63, 3.8) is 0 Å². The molecule has 1 N–H and O–H groups in total. The molecule has 0 radical (unpaired) electrons. The molecular weight excluding hydrogens is 320 g/mol. The second-order valence-corrected chi connectivity index (χ2v) is 6.49. The second kappa shape index (κ2) is 5.26. The van der Waals surface area contributed by atoms with E-state index in [4.69, 9.17) is 16.1 Å². The molecule has 0 atom stereocenters. The van der Waals surface area contributed by atoms with Gasteiger partial charge in [0.25, 0.3) is 5.91 Å². The van der Waals surface area contributed by atoms with Crippen LogP contribution in [0.2, 0.25) is 5.02 Å². The van der Waals surface area contributed by atoms with Crippen LogP contribution in [-0.4, -0.2) is 11.1 Å². The molecule has 1 aromatic carbocycles. The smallest absolute Gasteiger partial charge is 0.278 e. The Morgan fingerprint density at radius 3 is 2.86 bits per heavy atom. The maximum absolute atomic E-state index is 12.4. The number of carbonyl (C=O) groups excluding carboxylic acids is 1. The molecule has 22 heavy (non-hydrogen) atoms. The van der Waals surface area contributed by atoms with Crippen molar-refractivity contribution < 1.29 is 9.32 Å². The van der Waals surface area contributed by atoms with Crippen LogP contribution in [0.25, 0.3) is 11.3 Å². The summed E-state index contributed by atoms with van der Waals surface area (Å²) in [5.41, 5.74) is 2.99. The molecule has 0 fully saturated rings. The lowest BCUT2D eigenvalue weighted by Gasteiger charge is -2.10. The lowest BCUT2D eigenvalue weighted by atomic mass is 9.95. The molecule has 0 saturated carbocycles. The van der Waals surface area contributed by atoms with Crippen molar-refractivity contribution in [3.8, 4) is 11.3 Å². The average Bonchev–Trinajstić information content (AvgIpc) is 3.14. The van der Waals surface area contributed by atoms with E-state index < -0.39 is 0 Å². The molecule has 4 rings (SSSR count). The first-order valence-electron chi connectivity index (χ1n) is 6.84. The van der Waals surface area contributed by atoms with E-state index in [0.29, 0.717) is 16.4 Å². The second-order valence-electron chi connectivity index (χ2n) is 5.06. The van der Waals surface area contributed by atoms with Crippen molar-refractivity contribution in [1.29, 1.82) is 0 Å². The average molecular weight is 331 g/mol. The number of amides is 1. The summed E-state index contributed by atoms with van der Waals surface area (Å²) in [6.07, 6.45) is 1.69. The maximum Gasteiger partial charge on any atom is 0.278 e. The third-order valence-electron chi connectivity index (χ3n) is 3.70. The minimum Gasteiger partial charge on any atom is -0.355 e. The Morgan fingerprint density at radius 1 is 1.23 bits per heavy atom. The van der Waals surface area contributed by atoms with Crippen molar-refractivity contribution >= 4 is 34.5 Å². The van der Waals surface area contributed by atoms with Crippen molar-refractivity contribution in [1.82, 2.24) is 5.16 Å². The van der Waals surface area contributed by atoms with Gasteiger partial charge in [-0.25, -0.2) is 0 Å². The van der Waals surface area contributed by atoms with E-state index in [-0.39, 0.29) is 5.91 Å². The monoisotopic (exact) mass is 330 g/mol. The zero-order valence-corrected chi connectivity index (χ0v) is 13.0. The number of thiophene rings is 1. The van der Waals surface area contributed by atoms with Gasteiger partial charge in [0, 0.05) is 26.7 Å². The number of nitrogens with one attached hydrogen (secondary N) is 1. The maximum atomic E-state index is 12.4. The summed E-state index contributed by atoms with van der Waals surface area (Å²) in [4.78, 5) is 13.7. The molecule has 0 aliphatic heterocycles. The minimum absolute atomic E-state index is 0.258. The van der Waals surface area contributed by atoms with Crippen LogP contribution in [0.1, 0.15) is 20.9 Å². The van der Waals surface area contributed by atoms with Gasteiger partial charge < -0.3 is 9.84 Å². The number of hydrogen-bond donors (Lipinski definition) is 1. The highest BCUT2D eigenvalue weighted by Gasteiger charge is 2.28. The molecule has 0 spiro atoms. The zero-order chi connectivity index (χ0) is 15.1. The molecule has 6 heteroatoms. The Morgan fingerprint density at radius 2 is 2.05 bits per heavy atom. The lowest BCUT2D eigenvalue weighted by Crippen LogP contribution is -2.15. The molecule has 110 valence electrons. The van der Waals surface area contributed by atoms with Gasteiger partial charge in [0.2, 0.25) is 0 Å². The predicted molar refractivity (Wildman–Crippen MR) is 86.6 cm³/mol. The predicted octanol–water partition coefficient (Wildman–Crippen LogP) is 4.41. The molecule has 4 nitrogen and oxygen atoms in total. The summed E-state index contributed by atoms with van der Waals surface area (Å²) in [5.74, 6) is 0.467. The number of anilines is 1. The highest BCUT2D eigenvalue weighted by molar-refractivity contribution is 7.10. The van der Waals surface area contributed by atoms with Gasteiger partial charge in [-0.15, -0.1) is 11.3 Å². The van der Waals surface area contributed by atoms with Gasteiger partial charge in [-0.2, -0.15) is 0 Å². The van der Waals surface area contributed by atoms with Gasteiger partial charge >= 0.3 is 0 Å². The van der Waals surface area contributed by atoms with Gasteiger partial charge in [-0.3, -0.25) is 4.79 Å². The fourth-order valence-electron chi connectivity index (χ4n) is 2.63. The highest BCUT2D eigenvalue weighted by atomic mass is 35.5. The molecule has 2 aromatic heterocycles. The number of halogens is 1. The number of aromatic nitrogens is 1. The number of aryl methyl sites for hydroxylation is 1. The lowest BCUT2D eigenvalue weighted by molar-refractivity contribution is 0.101. The summed E-state index contributed by atoms with van der Waals surface area (Å²) in [6.45, 7) is 0. The molecule has 2 heterocycles. The fraction of sp³-hybridized carbons (Fsp3) is 0.125. The minimum atomic E-state index is -0.258. The van der Waals surface area contributed by atoms with E-state index in [1.165, 1.54) is 4.88 Å². The quantitative estimate of drug-likeness (QED) is 0.757. The van der Waals surface area contributed by atoms with Crippen LogP contribution in [0.15, 0.2) is 40.2 Å². The van der Waals surface area contributed by atoms with Crippen LogP contribution in [0.5, 0.6) is 0 Å². The molecular formula is C16H11ClN2O2S. The summed E-state index contributed by atoms with van der Waals surface area (Å²) in [5, 5.41) is 9.47. The van der Waals surface area contributed by atoms with Crippen molar-refractivity contribution in [2.45, 2.75) is 12.8 Å². The molecule has 1 aliphatic carbocycles. The normalized spacial score (nSPS) is 12.6. The molecule has 0 bridgehead atoms. The Balaban J connectivity index is 1.64. The van der Waals surface area contributed by atoms with Crippen LogP contribution in [0.3, 0.4) is 0 Å². The van der Waals surface area contributed by atoms with Gasteiger partial charge in [0.15, 0.2) is 11.5 Å². The first-order chi connectivity index (χ1) is 10.7. The number of nitrogens with zero attached hydrogens (tertiary/aromatic N) is 1. The number of benzene rings is 1. The zero-order valence-electron chi connectivity index (χ0n) is 11.4. The Bertz CT molecular complexity index is 851. The number of rotatable bonds is 2. The van der Waals surface area contributed by atoms with Gasteiger partial charge in [-0.1, -0.05) is 16.8 Å². The summed E-state index contributed by atoms with van der Waals surface area (Å²) < 4.78 is 5.42. The highest BCUT2D eigenvalue weighted by Crippen LogP contribution is 2.38. The van der Waals surface area contributed by atoms with Crippen molar-refractivity contribution in [3.05, 3.63) is 56.9 Å². The summed E-state index contributed by atoms with van der Waals surface area (Å²) in [6, 6.07) is 8.98. The van der Waals surface area contributed by atoms with E-state index in [1.54, 1.807) is 35.6 Å². The van der Waals surface area contributed by atoms with Crippen LogP contribution in [0, 0.1) is 0 Å². The molecule has 0 saturated heterocycles. The molecule has 1 aliphatic rings. The van der Waals surface area contributed by atoms with Crippen LogP contribution in [0.4, 0.5) is 5.69 Å². The standard InChI is InChI=1S/C16H11ClN2O2S/c17-9-1-3-10(4-2-9)18-16(20)14-12-5-6-13-11(7-8-22-13)15(12)21-19-14/h1-4,7-8H,5-6H2,(H,18,20). The fourth-order valence-corrected chi connectivity index (χ4v) is 3.63. The third kappa shape index (κ3) is 2.23. The van der Waals surface area contributed by atoms with Gasteiger partial charge in [0.1, 0.15) is 0 Å². The molecule has 3 aromatic rings. The Labute approximate surface area is 135 Å². The van der Waals surface area contributed by atoms with E-state index in [2.05, 4.69) is 10.5 Å².